The summed E-state index contributed by atoms with van der Waals surface area (Å²) in [6.45, 7) is 8.11. The lowest BCUT2D eigenvalue weighted by Crippen LogP contribution is -2.49. The molecule has 29 heavy (non-hydrogen) atoms. The van der Waals surface area contributed by atoms with Crippen LogP contribution < -0.4 is 5.32 Å². The number of rotatable bonds is 9. The molecule has 4 nitrogen and oxygen atoms in total. The van der Waals surface area contributed by atoms with Crippen molar-refractivity contribution in [1.82, 2.24) is 10.2 Å². The van der Waals surface area contributed by atoms with Gasteiger partial charge in [-0.1, -0.05) is 52.3 Å². The number of amides is 2. The number of halogens is 1. The SMILES string of the molecule is Cc1ccccc1CSCC(=O)N(Cc1cccc(Br)c1)C(C)C(=O)NC(C)C. The van der Waals surface area contributed by atoms with E-state index in [4.69, 9.17) is 0 Å². The fourth-order valence-corrected chi connectivity index (χ4v) is 4.36. The molecule has 0 saturated carbocycles. The Morgan fingerprint density at radius 3 is 2.48 bits per heavy atom. The molecule has 0 fully saturated rings. The Morgan fingerprint density at radius 1 is 1.10 bits per heavy atom. The summed E-state index contributed by atoms with van der Waals surface area (Å²) < 4.78 is 0.954. The average Bonchev–Trinajstić information content (AvgIpc) is 2.66. The van der Waals surface area contributed by atoms with Gasteiger partial charge in [-0.25, -0.2) is 0 Å². The van der Waals surface area contributed by atoms with Crippen LogP contribution in [0.3, 0.4) is 0 Å². The van der Waals surface area contributed by atoms with Gasteiger partial charge in [0.15, 0.2) is 0 Å². The van der Waals surface area contributed by atoms with Crippen molar-refractivity contribution in [2.75, 3.05) is 5.75 Å². The molecule has 0 aromatic heterocycles. The third kappa shape index (κ3) is 7.52. The van der Waals surface area contributed by atoms with E-state index in [-0.39, 0.29) is 17.9 Å². The molecule has 0 spiro atoms. The molecule has 0 heterocycles. The number of aryl methyl sites for hydroxylation is 1. The van der Waals surface area contributed by atoms with Crippen molar-refractivity contribution < 1.29 is 9.59 Å². The molecule has 0 aliphatic carbocycles. The van der Waals surface area contributed by atoms with Crippen LogP contribution in [0, 0.1) is 6.92 Å². The molecule has 2 aromatic carbocycles. The summed E-state index contributed by atoms with van der Waals surface area (Å²) in [7, 11) is 0. The van der Waals surface area contributed by atoms with E-state index in [0.717, 1.165) is 15.8 Å². The molecule has 0 saturated heterocycles. The fourth-order valence-electron chi connectivity index (χ4n) is 2.92. The van der Waals surface area contributed by atoms with Crippen LogP contribution in [-0.2, 0) is 21.9 Å². The van der Waals surface area contributed by atoms with Gasteiger partial charge in [0.25, 0.3) is 0 Å². The number of hydrogen-bond donors (Lipinski definition) is 1. The Kier molecular flexibility index (Phi) is 9.24. The predicted molar refractivity (Wildman–Crippen MR) is 125 cm³/mol. The van der Waals surface area contributed by atoms with Crippen LogP contribution in [0.25, 0.3) is 0 Å². The number of carbonyl (C=O) groups is 2. The standard InChI is InChI=1S/C23H29BrN2O2S/c1-16(2)25-23(28)18(4)26(13-19-9-7-11-21(24)12-19)22(27)15-29-14-20-10-6-5-8-17(20)3/h5-12,16,18H,13-15H2,1-4H3,(H,25,28). The van der Waals surface area contributed by atoms with Gasteiger partial charge in [-0.15, -0.1) is 11.8 Å². The van der Waals surface area contributed by atoms with E-state index in [1.54, 1.807) is 23.6 Å². The van der Waals surface area contributed by atoms with Crippen molar-refractivity contribution in [2.24, 2.45) is 0 Å². The van der Waals surface area contributed by atoms with Crippen LogP contribution in [0.4, 0.5) is 0 Å². The smallest absolute Gasteiger partial charge is 0.242 e. The minimum absolute atomic E-state index is 0.0307. The Labute approximate surface area is 186 Å². The van der Waals surface area contributed by atoms with Crippen LogP contribution in [0.5, 0.6) is 0 Å². The fraction of sp³-hybridized carbons (Fsp3) is 0.391. The van der Waals surface area contributed by atoms with Gasteiger partial charge in [0.05, 0.1) is 5.75 Å². The van der Waals surface area contributed by atoms with E-state index in [2.05, 4.69) is 40.3 Å². The van der Waals surface area contributed by atoms with Crippen molar-refractivity contribution in [3.05, 3.63) is 69.7 Å². The van der Waals surface area contributed by atoms with Gasteiger partial charge >= 0.3 is 0 Å². The van der Waals surface area contributed by atoms with Crippen molar-refractivity contribution in [2.45, 2.75) is 52.1 Å². The van der Waals surface area contributed by atoms with Crippen molar-refractivity contribution in [3.63, 3.8) is 0 Å². The molecule has 2 amide bonds. The largest absolute Gasteiger partial charge is 0.352 e. The summed E-state index contributed by atoms with van der Waals surface area (Å²) in [4.78, 5) is 27.3. The lowest BCUT2D eigenvalue weighted by molar-refractivity contribution is -0.138. The molecule has 1 atom stereocenters. The molecule has 1 N–H and O–H groups in total. The molecule has 0 aliphatic heterocycles. The third-order valence-corrected chi connectivity index (χ3v) is 6.04. The van der Waals surface area contributed by atoms with Crippen molar-refractivity contribution >= 4 is 39.5 Å². The highest BCUT2D eigenvalue weighted by molar-refractivity contribution is 9.10. The molecule has 0 bridgehead atoms. The Bertz CT molecular complexity index is 841. The first-order valence-corrected chi connectivity index (χ1v) is 11.7. The predicted octanol–water partition coefficient (Wildman–Crippen LogP) is 4.93. The molecule has 2 aromatic rings. The minimum Gasteiger partial charge on any atom is -0.352 e. The second kappa shape index (κ2) is 11.4. The normalized spacial score (nSPS) is 11.9. The van der Waals surface area contributed by atoms with Crippen LogP contribution in [0.15, 0.2) is 53.0 Å². The van der Waals surface area contributed by atoms with Gasteiger partial charge in [-0.2, -0.15) is 0 Å². The number of hydrogen-bond acceptors (Lipinski definition) is 3. The van der Waals surface area contributed by atoms with Crippen molar-refractivity contribution in [3.8, 4) is 0 Å². The molecule has 1 unspecified atom stereocenters. The van der Waals surface area contributed by atoms with Gasteiger partial charge < -0.3 is 10.2 Å². The number of nitrogens with one attached hydrogen (secondary N) is 1. The van der Waals surface area contributed by atoms with Crippen LogP contribution in [0.2, 0.25) is 0 Å². The maximum atomic E-state index is 13.1. The number of thioether (sulfide) groups is 1. The summed E-state index contributed by atoms with van der Waals surface area (Å²) in [6, 6.07) is 15.5. The lowest BCUT2D eigenvalue weighted by Gasteiger charge is -2.29. The zero-order chi connectivity index (χ0) is 21.4. The highest BCUT2D eigenvalue weighted by Crippen LogP contribution is 2.19. The quantitative estimate of drug-likeness (QED) is 0.557. The maximum absolute atomic E-state index is 13.1. The third-order valence-electron chi connectivity index (χ3n) is 4.58. The van der Waals surface area contributed by atoms with Gasteiger partial charge in [0, 0.05) is 22.8 Å². The monoisotopic (exact) mass is 476 g/mol. The Balaban J connectivity index is 2.09. The van der Waals surface area contributed by atoms with E-state index < -0.39 is 6.04 Å². The first-order chi connectivity index (χ1) is 13.8. The first-order valence-electron chi connectivity index (χ1n) is 9.74. The number of carbonyl (C=O) groups excluding carboxylic acids is 2. The molecule has 156 valence electrons. The topological polar surface area (TPSA) is 49.4 Å². The van der Waals surface area contributed by atoms with Gasteiger partial charge in [-0.05, 0) is 56.5 Å². The minimum atomic E-state index is -0.539. The molecular formula is C23H29BrN2O2S. The second-order valence-electron chi connectivity index (χ2n) is 7.41. The zero-order valence-corrected chi connectivity index (χ0v) is 19.8. The molecule has 2 rings (SSSR count). The molecule has 0 aliphatic rings. The number of nitrogens with zero attached hydrogens (tertiary/aromatic N) is 1. The maximum Gasteiger partial charge on any atom is 0.242 e. The zero-order valence-electron chi connectivity index (χ0n) is 17.4. The summed E-state index contributed by atoms with van der Waals surface area (Å²) in [6.07, 6.45) is 0. The highest BCUT2D eigenvalue weighted by Gasteiger charge is 2.26. The van der Waals surface area contributed by atoms with Crippen LogP contribution in [0.1, 0.15) is 37.5 Å². The molecular weight excluding hydrogens is 448 g/mol. The highest BCUT2D eigenvalue weighted by atomic mass is 79.9. The van der Waals surface area contributed by atoms with E-state index in [9.17, 15) is 9.59 Å². The van der Waals surface area contributed by atoms with Crippen LogP contribution >= 0.6 is 27.7 Å². The van der Waals surface area contributed by atoms with E-state index in [1.165, 1.54) is 11.1 Å². The van der Waals surface area contributed by atoms with E-state index >= 15 is 0 Å². The molecule has 6 heteroatoms. The summed E-state index contributed by atoms with van der Waals surface area (Å²) in [5.41, 5.74) is 3.44. The summed E-state index contributed by atoms with van der Waals surface area (Å²) in [5, 5.41) is 2.92. The Morgan fingerprint density at radius 2 is 1.83 bits per heavy atom. The lowest BCUT2D eigenvalue weighted by atomic mass is 10.1. The van der Waals surface area contributed by atoms with E-state index in [0.29, 0.717) is 12.3 Å². The average molecular weight is 477 g/mol. The first kappa shape index (κ1) is 23.5. The Hall–Kier alpha value is -1.79. The van der Waals surface area contributed by atoms with Crippen LogP contribution in [-0.4, -0.2) is 34.6 Å². The van der Waals surface area contributed by atoms with E-state index in [1.807, 2.05) is 50.2 Å². The van der Waals surface area contributed by atoms with Gasteiger partial charge in [0.1, 0.15) is 6.04 Å². The molecule has 0 radical (unpaired) electrons. The van der Waals surface area contributed by atoms with Gasteiger partial charge in [-0.3, -0.25) is 9.59 Å². The number of benzene rings is 2. The van der Waals surface area contributed by atoms with Gasteiger partial charge in [0.2, 0.25) is 11.8 Å². The second-order valence-corrected chi connectivity index (χ2v) is 9.31. The van der Waals surface area contributed by atoms with Crippen molar-refractivity contribution in [1.29, 1.82) is 0 Å². The summed E-state index contributed by atoms with van der Waals surface area (Å²) in [5.74, 6) is 0.944. The summed E-state index contributed by atoms with van der Waals surface area (Å²) >= 11 is 5.06.